The van der Waals surface area contributed by atoms with Gasteiger partial charge < -0.3 is 10.2 Å². The van der Waals surface area contributed by atoms with E-state index in [0.717, 1.165) is 17.7 Å². The molecule has 12 heteroatoms. The monoisotopic (exact) mass is 623 g/mol. The highest BCUT2D eigenvalue weighted by Crippen LogP contribution is 2.33. The Morgan fingerprint density at radius 3 is 2.19 bits per heavy atom. The van der Waals surface area contributed by atoms with Crippen LogP contribution in [-0.2, 0) is 32.3 Å². The number of carbonyl (C=O) groups is 2. The molecule has 0 aromatic heterocycles. The van der Waals surface area contributed by atoms with Crippen molar-refractivity contribution in [3.05, 3.63) is 94.5 Å². The Bertz CT molecular complexity index is 1510. The van der Waals surface area contributed by atoms with Gasteiger partial charge in [0.15, 0.2) is 0 Å². The van der Waals surface area contributed by atoms with Gasteiger partial charge in [-0.15, -0.1) is 0 Å². The summed E-state index contributed by atoms with van der Waals surface area (Å²) in [6, 6.07) is 14.9. The molecule has 0 spiro atoms. The molecule has 0 heterocycles. The number of nitrogens with zero attached hydrogens (tertiary/aromatic N) is 2. The quantitative estimate of drug-likeness (QED) is 0.276. The van der Waals surface area contributed by atoms with Gasteiger partial charge in [0.05, 0.1) is 16.1 Å². The number of hydrogen-bond donors (Lipinski definition) is 1. The number of alkyl halides is 3. The summed E-state index contributed by atoms with van der Waals surface area (Å²) in [5.74, 6) is -1.26. The maximum absolute atomic E-state index is 14.0. The molecule has 0 radical (unpaired) electrons. The fraction of sp³-hybridized carbons (Fsp3) is 0.333. The molecule has 0 aliphatic heterocycles. The van der Waals surface area contributed by atoms with Crippen LogP contribution in [0.5, 0.6) is 0 Å². The zero-order valence-electron chi connectivity index (χ0n) is 23.7. The first-order valence-corrected chi connectivity index (χ1v) is 15.1. The van der Waals surface area contributed by atoms with E-state index in [2.05, 4.69) is 5.32 Å². The molecule has 0 unspecified atom stereocenters. The summed E-state index contributed by atoms with van der Waals surface area (Å²) < 4.78 is 69.2. The van der Waals surface area contributed by atoms with Crippen molar-refractivity contribution in [3.8, 4) is 0 Å². The van der Waals surface area contributed by atoms with Crippen LogP contribution in [0.15, 0.2) is 77.7 Å². The minimum atomic E-state index is -4.75. The summed E-state index contributed by atoms with van der Waals surface area (Å²) in [6.45, 7) is 5.97. The Hall–Kier alpha value is -3.57. The highest BCUT2D eigenvalue weighted by molar-refractivity contribution is 7.92. The third-order valence-electron chi connectivity index (χ3n) is 6.46. The maximum atomic E-state index is 14.0. The predicted molar refractivity (Wildman–Crippen MR) is 157 cm³/mol. The largest absolute Gasteiger partial charge is 0.416 e. The van der Waals surface area contributed by atoms with Crippen molar-refractivity contribution in [1.82, 2.24) is 10.2 Å². The molecule has 0 aliphatic carbocycles. The molecule has 3 aromatic carbocycles. The van der Waals surface area contributed by atoms with Gasteiger partial charge in [-0.05, 0) is 69.2 Å². The fourth-order valence-electron chi connectivity index (χ4n) is 4.31. The van der Waals surface area contributed by atoms with Crippen molar-refractivity contribution in [2.45, 2.75) is 63.8 Å². The lowest BCUT2D eigenvalue weighted by atomic mass is 10.1. The lowest BCUT2D eigenvalue weighted by Gasteiger charge is -2.33. The highest BCUT2D eigenvalue weighted by Gasteiger charge is 2.36. The summed E-state index contributed by atoms with van der Waals surface area (Å²) in [5, 5.41) is 3.11. The average Bonchev–Trinajstić information content (AvgIpc) is 2.92. The molecule has 2 amide bonds. The second-order valence-corrected chi connectivity index (χ2v) is 12.3. The van der Waals surface area contributed by atoms with E-state index < -0.39 is 46.2 Å². The average molecular weight is 624 g/mol. The number of rotatable bonds is 11. The van der Waals surface area contributed by atoms with E-state index in [1.807, 2.05) is 0 Å². The molecule has 226 valence electrons. The van der Waals surface area contributed by atoms with Crippen LogP contribution in [-0.4, -0.2) is 43.8 Å². The summed E-state index contributed by atoms with van der Waals surface area (Å²) in [5.41, 5.74) is -0.151. The van der Waals surface area contributed by atoms with Gasteiger partial charge in [-0.1, -0.05) is 60.5 Å². The van der Waals surface area contributed by atoms with E-state index in [0.29, 0.717) is 21.0 Å². The van der Waals surface area contributed by atoms with Crippen LogP contribution >= 0.6 is 11.6 Å². The number of sulfonamides is 1. The number of amides is 2. The molecule has 0 aliphatic rings. The second kappa shape index (κ2) is 13.6. The van der Waals surface area contributed by atoms with Gasteiger partial charge in [0.2, 0.25) is 11.8 Å². The predicted octanol–water partition coefficient (Wildman–Crippen LogP) is 6.19. The van der Waals surface area contributed by atoms with Crippen molar-refractivity contribution in [3.63, 3.8) is 0 Å². The highest BCUT2D eigenvalue weighted by atomic mass is 35.5. The fourth-order valence-corrected chi connectivity index (χ4v) is 5.92. The maximum Gasteiger partial charge on any atom is 0.416 e. The molecular formula is C30H33ClF3N3O4S. The smallest absolute Gasteiger partial charge is 0.352 e. The molecule has 1 N–H and O–H groups in total. The van der Waals surface area contributed by atoms with Crippen LogP contribution in [0, 0.1) is 6.92 Å². The van der Waals surface area contributed by atoms with E-state index in [1.54, 1.807) is 64.1 Å². The van der Waals surface area contributed by atoms with Crippen molar-refractivity contribution >= 4 is 39.1 Å². The molecule has 42 heavy (non-hydrogen) atoms. The lowest BCUT2D eigenvalue weighted by Crippen LogP contribution is -2.53. The molecule has 7 nitrogen and oxygen atoms in total. The molecule has 0 bridgehead atoms. The Kier molecular flexibility index (Phi) is 10.7. The molecule has 3 aromatic rings. The van der Waals surface area contributed by atoms with E-state index >= 15 is 0 Å². The van der Waals surface area contributed by atoms with Gasteiger partial charge in [0.25, 0.3) is 10.0 Å². The van der Waals surface area contributed by atoms with Crippen LogP contribution in [0.3, 0.4) is 0 Å². The standard InChI is InChI=1S/C30H33ClF3N3O4S/c1-5-27(29(39)35-20(2)3)36(18-22-9-6-7-12-26(22)31)28(38)19-37(24-11-8-10-23(17-24)30(32,33)34)42(40,41)25-15-13-21(4)14-16-25/h6-17,20,27H,5,18-19H2,1-4H3,(H,35,39)/t27-/m1/s1. The normalized spacial score (nSPS) is 12.6. The Morgan fingerprint density at radius 1 is 0.976 bits per heavy atom. The number of hydrogen-bond acceptors (Lipinski definition) is 4. The van der Waals surface area contributed by atoms with E-state index in [-0.39, 0.29) is 29.6 Å². The molecule has 0 saturated heterocycles. The van der Waals surface area contributed by atoms with Crippen LogP contribution in [0.1, 0.15) is 43.9 Å². The van der Waals surface area contributed by atoms with Crippen LogP contribution < -0.4 is 9.62 Å². The first kappa shape index (κ1) is 32.9. The van der Waals surface area contributed by atoms with Crippen LogP contribution in [0.2, 0.25) is 5.02 Å². The third-order valence-corrected chi connectivity index (χ3v) is 8.62. The molecule has 0 fully saturated rings. The number of benzene rings is 3. The van der Waals surface area contributed by atoms with Gasteiger partial charge in [-0.3, -0.25) is 13.9 Å². The van der Waals surface area contributed by atoms with Crippen LogP contribution in [0.4, 0.5) is 18.9 Å². The van der Waals surface area contributed by atoms with Gasteiger partial charge in [-0.2, -0.15) is 13.2 Å². The van der Waals surface area contributed by atoms with Crippen LogP contribution in [0.25, 0.3) is 0 Å². The minimum absolute atomic E-state index is 0.135. The van der Waals surface area contributed by atoms with Crippen molar-refractivity contribution < 1.29 is 31.2 Å². The van der Waals surface area contributed by atoms with Gasteiger partial charge in [0.1, 0.15) is 12.6 Å². The summed E-state index contributed by atoms with van der Waals surface area (Å²) in [7, 11) is -4.52. The topological polar surface area (TPSA) is 86.8 Å². The zero-order chi connectivity index (χ0) is 31.2. The molecule has 1 atom stereocenters. The van der Waals surface area contributed by atoms with Crippen molar-refractivity contribution in [1.29, 1.82) is 0 Å². The third kappa shape index (κ3) is 8.04. The Balaban J connectivity index is 2.14. The Morgan fingerprint density at radius 2 is 1.62 bits per heavy atom. The SMILES string of the molecule is CC[C@H](C(=O)NC(C)C)N(Cc1ccccc1Cl)C(=O)CN(c1cccc(C(F)(F)F)c1)S(=O)(=O)c1ccc(C)cc1. The number of aryl methyl sites for hydroxylation is 1. The molecule has 3 rings (SSSR count). The van der Waals surface area contributed by atoms with Crippen molar-refractivity contribution in [2.24, 2.45) is 0 Å². The summed E-state index contributed by atoms with van der Waals surface area (Å²) >= 11 is 6.36. The Labute approximate surface area is 249 Å². The number of carbonyl (C=O) groups excluding carboxylic acids is 2. The lowest BCUT2D eigenvalue weighted by molar-refractivity contribution is -0.140. The van der Waals surface area contributed by atoms with Gasteiger partial charge in [-0.25, -0.2) is 8.42 Å². The molecular weight excluding hydrogens is 591 g/mol. The number of halogens is 4. The zero-order valence-corrected chi connectivity index (χ0v) is 25.2. The number of anilines is 1. The minimum Gasteiger partial charge on any atom is -0.352 e. The summed E-state index contributed by atoms with van der Waals surface area (Å²) in [4.78, 5) is 28.2. The first-order valence-electron chi connectivity index (χ1n) is 13.2. The van der Waals surface area contributed by atoms with Crippen molar-refractivity contribution in [2.75, 3.05) is 10.8 Å². The first-order chi connectivity index (χ1) is 19.6. The molecule has 0 saturated carbocycles. The van der Waals surface area contributed by atoms with Gasteiger partial charge >= 0.3 is 6.18 Å². The summed E-state index contributed by atoms with van der Waals surface area (Å²) in [6.07, 6.45) is -4.57. The van der Waals surface area contributed by atoms with E-state index in [4.69, 9.17) is 11.6 Å². The van der Waals surface area contributed by atoms with Gasteiger partial charge in [0, 0.05) is 17.6 Å². The van der Waals surface area contributed by atoms with E-state index in [9.17, 15) is 31.2 Å². The number of nitrogens with one attached hydrogen (secondary N) is 1. The second-order valence-electron chi connectivity index (χ2n) is 10.1. The van der Waals surface area contributed by atoms with E-state index in [1.165, 1.54) is 23.1 Å².